The molecule has 0 atom stereocenters. The third kappa shape index (κ3) is 5.16. The van der Waals surface area contributed by atoms with Crippen molar-refractivity contribution in [2.75, 3.05) is 21.3 Å². The molecule has 0 aliphatic heterocycles. The molecule has 2 rings (SSSR count). The van der Waals surface area contributed by atoms with Gasteiger partial charge in [0.1, 0.15) is 11.5 Å². The molecule has 0 radical (unpaired) electrons. The summed E-state index contributed by atoms with van der Waals surface area (Å²) in [6.45, 7) is 1.31. The zero-order valence-corrected chi connectivity index (χ0v) is 15.7. The van der Waals surface area contributed by atoms with Crippen molar-refractivity contribution in [2.24, 2.45) is 4.99 Å². The van der Waals surface area contributed by atoms with E-state index in [0.29, 0.717) is 13.1 Å². The molecule has 0 aliphatic carbocycles. The number of benzene rings is 2. The number of aliphatic imine (C=N–C) groups is 1. The van der Waals surface area contributed by atoms with Crippen molar-refractivity contribution in [1.82, 2.24) is 10.6 Å². The van der Waals surface area contributed by atoms with Gasteiger partial charge in [0.05, 0.1) is 14.2 Å². The summed E-state index contributed by atoms with van der Waals surface area (Å²) in [5.74, 6) is 2.29. The molecule has 0 heterocycles. The monoisotopic (exact) mass is 391 g/mol. The van der Waals surface area contributed by atoms with E-state index in [2.05, 4.69) is 43.7 Å². The third-order valence-electron chi connectivity index (χ3n) is 3.54. The van der Waals surface area contributed by atoms with Gasteiger partial charge in [-0.25, -0.2) is 0 Å². The molecule has 2 aromatic carbocycles. The number of ether oxygens (including phenoxy) is 2. The van der Waals surface area contributed by atoms with Gasteiger partial charge in [0, 0.05) is 36.2 Å². The number of hydrogen-bond donors (Lipinski definition) is 2. The Kier molecular flexibility index (Phi) is 6.93. The van der Waals surface area contributed by atoms with Crippen LogP contribution in [0, 0.1) is 0 Å². The van der Waals surface area contributed by atoms with Gasteiger partial charge in [-0.2, -0.15) is 0 Å². The van der Waals surface area contributed by atoms with Crippen molar-refractivity contribution in [2.45, 2.75) is 13.1 Å². The lowest BCUT2D eigenvalue weighted by Crippen LogP contribution is -2.36. The lowest BCUT2D eigenvalue weighted by Gasteiger charge is -2.14. The molecule has 6 heteroatoms. The topological polar surface area (TPSA) is 54.9 Å². The van der Waals surface area contributed by atoms with E-state index in [0.717, 1.165) is 27.5 Å². The van der Waals surface area contributed by atoms with E-state index < -0.39 is 0 Å². The van der Waals surface area contributed by atoms with Gasteiger partial charge in [-0.3, -0.25) is 4.99 Å². The van der Waals surface area contributed by atoms with Crippen LogP contribution in [0.4, 0.5) is 0 Å². The fraction of sp³-hybridized carbons (Fsp3) is 0.278. The molecule has 5 nitrogen and oxygen atoms in total. The predicted octanol–water partition coefficient (Wildman–Crippen LogP) is 3.33. The molecule has 24 heavy (non-hydrogen) atoms. The van der Waals surface area contributed by atoms with Crippen LogP contribution in [0.3, 0.4) is 0 Å². The second-order valence-electron chi connectivity index (χ2n) is 5.08. The summed E-state index contributed by atoms with van der Waals surface area (Å²) in [6, 6.07) is 13.9. The maximum atomic E-state index is 5.41. The molecule has 0 unspecified atom stereocenters. The summed E-state index contributed by atoms with van der Waals surface area (Å²) in [4.78, 5) is 4.24. The van der Waals surface area contributed by atoms with Crippen LogP contribution in [0.2, 0.25) is 0 Å². The van der Waals surface area contributed by atoms with Crippen molar-refractivity contribution >= 4 is 21.9 Å². The molecule has 0 fully saturated rings. The van der Waals surface area contributed by atoms with Gasteiger partial charge in [0.15, 0.2) is 5.96 Å². The lowest BCUT2D eigenvalue weighted by atomic mass is 10.2. The Morgan fingerprint density at radius 2 is 1.71 bits per heavy atom. The van der Waals surface area contributed by atoms with Gasteiger partial charge in [-0.15, -0.1) is 0 Å². The van der Waals surface area contributed by atoms with Gasteiger partial charge in [-0.1, -0.05) is 28.1 Å². The molecule has 0 amide bonds. The number of nitrogens with one attached hydrogen (secondary N) is 2. The second-order valence-corrected chi connectivity index (χ2v) is 6.00. The normalized spacial score (nSPS) is 11.1. The van der Waals surface area contributed by atoms with E-state index in [9.17, 15) is 0 Å². The van der Waals surface area contributed by atoms with Crippen LogP contribution in [-0.4, -0.2) is 27.2 Å². The molecule has 2 aromatic rings. The predicted molar refractivity (Wildman–Crippen MR) is 101 cm³/mol. The first-order valence-electron chi connectivity index (χ1n) is 7.56. The fourth-order valence-corrected chi connectivity index (χ4v) is 2.45. The van der Waals surface area contributed by atoms with E-state index in [1.54, 1.807) is 21.3 Å². The van der Waals surface area contributed by atoms with Crippen LogP contribution < -0.4 is 20.1 Å². The summed E-state index contributed by atoms with van der Waals surface area (Å²) < 4.78 is 11.7. The lowest BCUT2D eigenvalue weighted by molar-refractivity contribution is 0.390. The zero-order valence-electron chi connectivity index (χ0n) is 14.1. The minimum atomic E-state index is 0.604. The molecule has 0 aliphatic rings. The maximum Gasteiger partial charge on any atom is 0.191 e. The molecule has 128 valence electrons. The van der Waals surface area contributed by atoms with Gasteiger partial charge >= 0.3 is 0 Å². The molecule has 0 bridgehead atoms. The number of methoxy groups -OCH3 is 2. The van der Waals surface area contributed by atoms with Gasteiger partial charge in [0.2, 0.25) is 0 Å². The quantitative estimate of drug-likeness (QED) is 0.585. The summed E-state index contributed by atoms with van der Waals surface area (Å²) in [5.41, 5.74) is 2.22. The maximum absolute atomic E-state index is 5.41. The first-order chi connectivity index (χ1) is 11.7. The Morgan fingerprint density at radius 1 is 1.00 bits per heavy atom. The minimum Gasteiger partial charge on any atom is -0.497 e. The van der Waals surface area contributed by atoms with E-state index >= 15 is 0 Å². The highest BCUT2D eigenvalue weighted by Crippen LogP contribution is 2.24. The molecule has 0 saturated heterocycles. The average Bonchev–Trinajstić information content (AvgIpc) is 2.63. The Morgan fingerprint density at radius 3 is 2.33 bits per heavy atom. The Bertz CT molecular complexity index is 687. The van der Waals surface area contributed by atoms with E-state index in [4.69, 9.17) is 9.47 Å². The Hall–Kier alpha value is -2.21. The van der Waals surface area contributed by atoms with Crippen molar-refractivity contribution < 1.29 is 9.47 Å². The van der Waals surface area contributed by atoms with Crippen LogP contribution in [0.1, 0.15) is 11.1 Å². The van der Waals surface area contributed by atoms with E-state index in [-0.39, 0.29) is 0 Å². The molecular weight excluding hydrogens is 370 g/mol. The summed E-state index contributed by atoms with van der Waals surface area (Å²) in [5, 5.41) is 6.58. The van der Waals surface area contributed by atoms with Gasteiger partial charge in [-0.05, 0) is 29.8 Å². The summed E-state index contributed by atoms with van der Waals surface area (Å²) in [6.07, 6.45) is 0. The van der Waals surface area contributed by atoms with Crippen LogP contribution in [-0.2, 0) is 13.1 Å². The zero-order chi connectivity index (χ0) is 17.4. The number of hydrogen-bond acceptors (Lipinski definition) is 3. The second kappa shape index (κ2) is 9.17. The van der Waals surface area contributed by atoms with Crippen LogP contribution >= 0.6 is 15.9 Å². The molecule has 2 N–H and O–H groups in total. The Labute approximate surface area is 151 Å². The van der Waals surface area contributed by atoms with Gasteiger partial charge in [0.25, 0.3) is 0 Å². The summed E-state index contributed by atoms with van der Waals surface area (Å²) in [7, 11) is 5.04. The molecule has 0 saturated carbocycles. The smallest absolute Gasteiger partial charge is 0.191 e. The van der Waals surface area contributed by atoms with Crippen LogP contribution in [0.5, 0.6) is 11.5 Å². The number of halogens is 1. The first-order valence-corrected chi connectivity index (χ1v) is 8.35. The van der Waals surface area contributed by atoms with Crippen molar-refractivity contribution in [3.05, 3.63) is 58.1 Å². The van der Waals surface area contributed by atoms with Crippen LogP contribution in [0.15, 0.2) is 51.9 Å². The SMILES string of the molecule is CN=C(NCc1ccc(Br)cc1)NCc1ccc(OC)cc1OC. The van der Waals surface area contributed by atoms with Crippen molar-refractivity contribution in [3.63, 3.8) is 0 Å². The fourth-order valence-electron chi connectivity index (χ4n) is 2.19. The molecular formula is C18H22BrN3O2. The van der Waals surface area contributed by atoms with E-state index in [1.807, 2.05) is 30.3 Å². The third-order valence-corrected chi connectivity index (χ3v) is 4.07. The van der Waals surface area contributed by atoms with Crippen molar-refractivity contribution in [1.29, 1.82) is 0 Å². The highest BCUT2D eigenvalue weighted by molar-refractivity contribution is 9.10. The summed E-state index contributed by atoms with van der Waals surface area (Å²) >= 11 is 3.44. The highest BCUT2D eigenvalue weighted by atomic mass is 79.9. The van der Waals surface area contributed by atoms with E-state index in [1.165, 1.54) is 5.56 Å². The molecule has 0 aromatic heterocycles. The van der Waals surface area contributed by atoms with Gasteiger partial charge < -0.3 is 20.1 Å². The number of rotatable bonds is 6. The highest BCUT2D eigenvalue weighted by Gasteiger charge is 2.06. The number of nitrogens with zero attached hydrogens (tertiary/aromatic N) is 1. The van der Waals surface area contributed by atoms with Crippen LogP contribution in [0.25, 0.3) is 0 Å². The Balaban J connectivity index is 1.93. The van der Waals surface area contributed by atoms with Crippen molar-refractivity contribution in [3.8, 4) is 11.5 Å². The number of guanidine groups is 1. The largest absolute Gasteiger partial charge is 0.497 e. The average molecular weight is 392 g/mol. The first kappa shape index (κ1) is 18.1. The standard InChI is InChI=1S/C18H22BrN3O2/c1-20-18(21-11-13-4-7-15(19)8-5-13)22-12-14-6-9-16(23-2)10-17(14)24-3/h4-10H,11-12H2,1-3H3,(H2,20,21,22). The minimum absolute atomic E-state index is 0.604. The molecule has 0 spiro atoms.